The smallest absolute Gasteiger partial charge is 0.230 e. The van der Waals surface area contributed by atoms with E-state index in [0.717, 1.165) is 17.5 Å². The summed E-state index contributed by atoms with van der Waals surface area (Å²) in [7, 11) is 0. The first-order chi connectivity index (χ1) is 8.90. The van der Waals surface area contributed by atoms with Gasteiger partial charge in [-0.25, -0.2) is 0 Å². The molecule has 2 rings (SSSR count). The zero-order chi connectivity index (χ0) is 14.0. The molecule has 1 aromatic rings. The van der Waals surface area contributed by atoms with Crippen LogP contribution in [0.3, 0.4) is 0 Å². The average Bonchev–Trinajstić information content (AvgIpc) is 3.05. The Balaban J connectivity index is 1.94. The summed E-state index contributed by atoms with van der Waals surface area (Å²) in [5, 5.41) is 12.3. The second-order valence-electron chi connectivity index (χ2n) is 5.95. The van der Waals surface area contributed by atoms with Gasteiger partial charge in [0.15, 0.2) is 5.16 Å². The van der Waals surface area contributed by atoms with E-state index in [2.05, 4.69) is 27.0 Å². The summed E-state index contributed by atoms with van der Waals surface area (Å²) in [5.74, 6) is 2.10. The molecule has 0 bridgehead atoms. The van der Waals surface area contributed by atoms with Crippen molar-refractivity contribution in [1.29, 1.82) is 0 Å². The maximum Gasteiger partial charge on any atom is 0.230 e. The van der Waals surface area contributed by atoms with Gasteiger partial charge in [-0.1, -0.05) is 11.8 Å². The van der Waals surface area contributed by atoms with Crippen LogP contribution in [-0.2, 0) is 11.3 Å². The molecule has 106 valence electrons. The number of carbonyl (C=O) groups excluding carboxylic acids is 1. The number of rotatable bonds is 5. The van der Waals surface area contributed by atoms with E-state index in [0.29, 0.717) is 11.7 Å². The summed E-state index contributed by atoms with van der Waals surface area (Å²) in [6.45, 7) is 8.90. The van der Waals surface area contributed by atoms with E-state index >= 15 is 0 Å². The summed E-state index contributed by atoms with van der Waals surface area (Å²) in [6, 6.07) is 0. The number of hydrogen-bond donors (Lipinski definition) is 1. The maximum absolute atomic E-state index is 11.8. The lowest BCUT2D eigenvalue weighted by Gasteiger charge is -2.20. The predicted molar refractivity (Wildman–Crippen MR) is 76.3 cm³/mol. The molecule has 0 spiro atoms. The first kappa shape index (κ1) is 14.4. The molecular weight excluding hydrogens is 260 g/mol. The molecule has 0 unspecified atom stereocenters. The van der Waals surface area contributed by atoms with Gasteiger partial charge >= 0.3 is 0 Å². The molecule has 0 aliphatic heterocycles. The highest BCUT2D eigenvalue weighted by Crippen LogP contribution is 2.39. The van der Waals surface area contributed by atoms with Gasteiger partial charge in [0.25, 0.3) is 0 Å². The minimum Gasteiger partial charge on any atom is -0.351 e. The molecule has 1 saturated carbocycles. The summed E-state index contributed by atoms with van der Waals surface area (Å²) >= 11 is 1.46. The Morgan fingerprint density at radius 1 is 1.42 bits per heavy atom. The molecular formula is C13H22N4OS. The average molecular weight is 282 g/mol. The van der Waals surface area contributed by atoms with Gasteiger partial charge in [-0.05, 0) is 40.5 Å². The Bertz CT molecular complexity index is 460. The van der Waals surface area contributed by atoms with Gasteiger partial charge in [-0.3, -0.25) is 4.79 Å². The van der Waals surface area contributed by atoms with Gasteiger partial charge in [0.05, 0.1) is 5.75 Å². The molecule has 0 radical (unpaired) electrons. The standard InChI is InChI=1S/C13H22N4OS/c1-5-17-11(9-6-7-9)15-16-12(17)19-8-10(18)14-13(2,3)4/h9H,5-8H2,1-4H3,(H,14,18). The topological polar surface area (TPSA) is 59.8 Å². The van der Waals surface area contributed by atoms with Crippen LogP contribution in [0, 0.1) is 0 Å². The van der Waals surface area contributed by atoms with Gasteiger partial charge in [0.1, 0.15) is 5.82 Å². The van der Waals surface area contributed by atoms with Crippen LogP contribution in [0.15, 0.2) is 5.16 Å². The first-order valence-corrected chi connectivity index (χ1v) is 7.76. The normalized spacial score (nSPS) is 15.6. The van der Waals surface area contributed by atoms with Crippen molar-refractivity contribution in [1.82, 2.24) is 20.1 Å². The van der Waals surface area contributed by atoms with E-state index in [1.165, 1.54) is 24.6 Å². The molecule has 19 heavy (non-hydrogen) atoms. The number of hydrogen-bond acceptors (Lipinski definition) is 4. The summed E-state index contributed by atoms with van der Waals surface area (Å²) in [4.78, 5) is 11.8. The van der Waals surface area contributed by atoms with Crippen LogP contribution < -0.4 is 5.32 Å². The van der Waals surface area contributed by atoms with Crippen molar-refractivity contribution >= 4 is 17.7 Å². The fourth-order valence-corrected chi connectivity index (χ4v) is 2.74. The molecule has 6 heteroatoms. The van der Waals surface area contributed by atoms with Crippen molar-refractivity contribution in [2.75, 3.05) is 5.75 Å². The third-order valence-corrected chi connectivity index (χ3v) is 3.82. The SMILES string of the molecule is CCn1c(SCC(=O)NC(C)(C)C)nnc1C1CC1. The highest BCUT2D eigenvalue weighted by molar-refractivity contribution is 7.99. The number of nitrogens with zero attached hydrogens (tertiary/aromatic N) is 3. The third kappa shape index (κ3) is 3.96. The lowest BCUT2D eigenvalue weighted by atomic mass is 10.1. The summed E-state index contributed by atoms with van der Waals surface area (Å²) in [5.41, 5.74) is -0.185. The molecule has 0 saturated heterocycles. The lowest BCUT2D eigenvalue weighted by Crippen LogP contribution is -2.41. The van der Waals surface area contributed by atoms with Gasteiger partial charge in [0, 0.05) is 18.0 Å². The Labute approximate surface area is 118 Å². The Hall–Kier alpha value is -1.04. The van der Waals surface area contributed by atoms with Crippen molar-refractivity contribution in [3.05, 3.63) is 5.82 Å². The highest BCUT2D eigenvalue weighted by atomic mass is 32.2. The third-order valence-electron chi connectivity index (χ3n) is 2.85. The van der Waals surface area contributed by atoms with E-state index in [9.17, 15) is 4.79 Å². The van der Waals surface area contributed by atoms with Crippen LogP contribution in [0.4, 0.5) is 0 Å². The van der Waals surface area contributed by atoms with E-state index in [1.54, 1.807) is 0 Å². The van der Waals surface area contributed by atoms with Crippen molar-refractivity contribution < 1.29 is 4.79 Å². The Morgan fingerprint density at radius 2 is 2.11 bits per heavy atom. The van der Waals surface area contributed by atoms with Crippen LogP contribution >= 0.6 is 11.8 Å². The zero-order valence-corrected chi connectivity index (χ0v) is 12.9. The second kappa shape index (κ2) is 5.53. The van der Waals surface area contributed by atoms with Crippen molar-refractivity contribution in [2.24, 2.45) is 0 Å². The van der Waals surface area contributed by atoms with Crippen molar-refractivity contribution in [2.45, 2.75) is 63.7 Å². The minimum atomic E-state index is -0.185. The molecule has 1 aromatic heterocycles. The molecule has 1 heterocycles. The number of carbonyl (C=O) groups is 1. The highest BCUT2D eigenvalue weighted by Gasteiger charge is 2.30. The van der Waals surface area contributed by atoms with Crippen LogP contribution in [0.1, 0.15) is 52.3 Å². The molecule has 1 aliphatic carbocycles. The van der Waals surface area contributed by atoms with Crippen molar-refractivity contribution in [3.63, 3.8) is 0 Å². The van der Waals surface area contributed by atoms with Crippen LogP contribution in [0.25, 0.3) is 0 Å². The minimum absolute atomic E-state index is 0.0381. The molecule has 0 aromatic carbocycles. The number of amides is 1. The maximum atomic E-state index is 11.8. The largest absolute Gasteiger partial charge is 0.351 e. The van der Waals surface area contributed by atoms with Gasteiger partial charge in [-0.15, -0.1) is 10.2 Å². The summed E-state index contributed by atoms with van der Waals surface area (Å²) in [6.07, 6.45) is 2.43. The monoisotopic (exact) mass is 282 g/mol. The lowest BCUT2D eigenvalue weighted by molar-refractivity contribution is -0.119. The molecule has 1 fully saturated rings. The van der Waals surface area contributed by atoms with E-state index < -0.39 is 0 Å². The Kier molecular flexibility index (Phi) is 4.18. The number of thioether (sulfide) groups is 1. The van der Waals surface area contributed by atoms with Gasteiger partial charge in [0.2, 0.25) is 5.91 Å². The second-order valence-corrected chi connectivity index (χ2v) is 6.89. The van der Waals surface area contributed by atoms with Crippen LogP contribution in [-0.4, -0.2) is 32.0 Å². The van der Waals surface area contributed by atoms with E-state index in [4.69, 9.17) is 0 Å². The first-order valence-electron chi connectivity index (χ1n) is 6.77. The number of nitrogens with one attached hydrogen (secondary N) is 1. The molecule has 1 N–H and O–H groups in total. The van der Waals surface area contributed by atoms with E-state index in [1.807, 2.05) is 20.8 Å². The van der Waals surface area contributed by atoms with Crippen LogP contribution in [0.5, 0.6) is 0 Å². The van der Waals surface area contributed by atoms with Gasteiger partial charge < -0.3 is 9.88 Å². The fraction of sp³-hybridized carbons (Fsp3) is 0.769. The van der Waals surface area contributed by atoms with Crippen molar-refractivity contribution in [3.8, 4) is 0 Å². The predicted octanol–water partition coefficient (Wildman–Crippen LogP) is 2.18. The van der Waals surface area contributed by atoms with E-state index in [-0.39, 0.29) is 11.4 Å². The quantitative estimate of drug-likeness (QED) is 0.841. The van der Waals surface area contributed by atoms with Gasteiger partial charge in [-0.2, -0.15) is 0 Å². The molecule has 1 amide bonds. The van der Waals surface area contributed by atoms with Crippen LogP contribution in [0.2, 0.25) is 0 Å². The molecule has 0 atom stereocenters. The fourth-order valence-electron chi connectivity index (χ4n) is 1.93. The number of aromatic nitrogens is 3. The summed E-state index contributed by atoms with van der Waals surface area (Å²) < 4.78 is 2.13. The molecule has 5 nitrogen and oxygen atoms in total. The zero-order valence-electron chi connectivity index (χ0n) is 12.1. The molecule has 1 aliphatic rings. The Morgan fingerprint density at radius 3 is 2.63 bits per heavy atom.